The fraction of sp³-hybridized carbons (Fsp3) is 1.00. The summed E-state index contributed by atoms with van der Waals surface area (Å²) in [5, 5.41) is 21.6. The first-order valence-corrected chi connectivity index (χ1v) is 9.45. The second-order valence-corrected chi connectivity index (χ2v) is 10.5. The molecule has 0 radical (unpaired) electrons. The van der Waals surface area contributed by atoms with Crippen LogP contribution in [0.3, 0.4) is 0 Å². The molecule has 0 aliphatic heterocycles. The highest BCUT2D eigenvalue weighted by atomic mass is 16.3. The zero-order valence-corrected chi connectivity index (χ0v) is 15.0. The largest absolute Gasteiger partial charge is 0.393 e. The average molecular weight is 306 g/mol. The number of aliphatic hydroxyl groups excluding tert-OH is 2. The lowest BCUT2D eigenvalue weighted by atomic mass is 9.49. The molecule has 0 heterocycles. The highest BCUT2D eigenvalue weighted by molar-refractivity contribution is 5.24. The minimum absolute atomic E-state index is 0.0136. The summed E-state index contributed by atoms with van der Waals surface area (Å²) in [6, 6.07) is 0. The maximum Gasteiger partial charge on any atom is 0.0624 e. The topological polar surface area (TPSA) is 40.5 Å². The van der Waals surface area contributed by atoms with Crippen molar-refractivity contribution in [2.24, 2.45) is 39.4 Å². The maximum atomic E-state index is 10.9. The summed E-state index contributed by atoms with van der Waals surface area (Å²) >= 11 is 0. The minimum atomic E-state index is -0.325. The average Bonchev–Trinajstić information content (AvgIpc) is 2.94. The second kappa shape index (κ2) is 4.11. The van der Waals surface area contributed by atoms with Crippen molar-refractivity contribution in [1.82, 2.24) is 0 Å². The highest BCUT2D eigenvalue weighted by Gasteiger charge is 2.76. The summed E-state index contributed by atoms with van der Waals surface area (Å²) in [6.45, 7) is 12.1. The Bertz CT molecular complexity index is 500. The van der Waals surface area contributed by atoms with Crippen LogP contribution in [-0.4, -0.2) is 22.4 Å². The molecule has 2 nitrogen and oxygen atoms in total. The Morgan fingerprint density at radius 1 is 0.955 bits per heavy atom. The lowest BCUT2D eigenvalue weighted by molar-refractivity contribution is -0.173. The van der Waals surface area contributed by atoms with Gasteiger partial charge < -0.3 is 10.2 Å². The smallest absolute Gasteiger partial charge is 0.0624 e. The Morgan fingerprint density at radius 2 is 1.64 bits per heavy atom. The Morgan fingerprint density at radius 3 is 2.32 bits per heavy atom. The van der Waals surface area contributed by atoms with Crippen LogP contribution >= 0.6 is 0 Å². The molecule has 0 amide bonds. The monoisotopic (exact) mass is 306 g/mol. The molecule has 4 rings (SSSR count). The third kappa shape index (κ3) is 1.46. The first-order valence-electron chi connectivity index (χ1n) is 9.45. The molecule has 8 atom stereocenters. The normalized spacial score (nSPS) is 62.6. The number of rotatable bonds is 0. The van der Waals surface area contributed by atoms with Crippen molar-refractivity contribution in [1.29, 1.82) is 0 Å². The van der Waals surface area contributed by atoms with Crippen LogP contribution in [0.1, 0.15) is 73.1 Å². The van der Waals surface area contributed by atoms with Gasteiger partial charge in [-0.2, -0.15) is 0 Å². The van der Waals surface area contributed by atoms with Gasteiger partial charge in [-0.3, -0.25) is 0 Å². The van der Waals surface area contributed by atoms with Gasteiger partial charge in [0.05, 0.1) is 12.2 Å². The molecule has 22 heavy (non-hydrogen) atoms. The van der Waals surface area contributed by atoms with Crippen LogP contribution in [0.5, 0.6) is 0 Å². The van der Waals surface area contributed by atoms with E-state index in [1.54, 1.807) is 0 Å². The molecule has 4 fully saturated rings. The van der Waals surface area contributed by atoms with Crippen molar-refractivity contribution >= 4 is 0 Å². The van der Waals surface area contributed by atoms with E-state index in [1.807, 2.05) is 0 Å². The summed E-state index contributed by atoms with van der Waals surface area (Å²) in [5.74, 6) is 1.79. The third-order valence-electron chi connectivity index (χ3n) is 9.32. The summed E-state index contributed by atoms with van der Waals surface area (Å²) in [5.41, 5.74) is 1.00. The Labute approximate surface area is 135 Å². The molecule has 0 aromatic rings. The molecular weight excluding hydrogens is 272 g/mol. The van der Waals surface area contributed by atoms with E-state index in [1.165, 1.54) is 25.7 Å². The van der Waals surface area contributed by atoms with Gasteiger partial charge in [-0.05, 0) is 71.5 Å². The SMILES string of the molecule is C[C@H]1[C@@H](O)C[C@@H](O)[C@]2(C)CC[C@H]3[C@@H]4C(C)(C)CC[C@]4(C)C[C@]132. The summed E-state index contributed by atoms with van der Waals surface area (Å²) < 4.78 is 0. The van der Waals surface area contributed by atoms with E-state index in [0.717, 1.165) is 12.3 Å². The Kier molecular flexibility index (Phi) is 2.89. The van der Waals surface area contributed by atoms with E-state index < -0.39 is 0 Å². The van der Waals surface area contributed by atoms with Crippen molar-refractivity contribution in [3.05, 3.63) is 0 Å². The summed E-state index contributed by atoms with van der Waals surface area (Å²) in [7, 11) is 0. The zero-order chi connectivity index (χ0) is 16.1. The summed E-state index contributed by atoms with van der Waals surface area (Å²) in [6.07, 6.45) is 6.24. The molecule has 126 valence electrons. The molecule has 0 saturated heterocycles. The van der Waals surface area contributed by atoms with Gasteiger partial charge in [-0.1, -0.05) is 34.6 Å². The van der Waals surface area contributed by atoms with Crippen molar-refractivity contribution in [2.75, 3.05) is 0 Å². The molecule has 0 bridgehead atoms. The predicted octanol–water partition coefficient (Wildman–Crippen LogP) is 4.00. The van der Waals surface area contributed by atoms with Gasteiger partial charge in [-0.15, -0.1) is 0 Å². The molecule has 2 N–H and O–H groups in total. The van der Waals surface area contributed by atoms with Gasteiger partial charge in [0, 0.05) is 6.42 Å². The van der Waals surface area contributed by atoms with Crippen LogP contribution in [-0.2, 0) is 0 Å². The molecule has 2 heteroatoms. The van der Waals surface area contributed by atoms with Crippen LogP contribution in [0, 0.1) is 39.4 Å². The quantitative estimate of drug-likeness (QED) is 0.710. The van der Waals surface area contributed by atoms with Gasteiger partial charge in [-0.25, -0.2) is 0 Å². The van der Waals surface area contributed by atoms with E-state index in [2.05, 4.69) is 34.6 Å². The second-order valence-electron chi connectivity index (χ2n) is 10.5. The van der Waals surface area contributed by atoms with Crippen LogP contribution in [0.2, 0.25) is 0 Å². The molecular formula is C20H34O2. The standard InChI is InChI=1S/C20H34O2/c1-12-14(21)10-15(22)19(5)7-6-13-16-17(2,3)8-9-18(16,4)11-20(12,13)19/h12-16,21-22H,6-11H2,1-5H3/t12-,13-,14-,15+,16+,18+,19-,20-/m0/s1. The van der Waals surface area contributed by atoms with Gasteiger partial charge in [0.2, 0.25) is 0 Å². The van der Waals surface area contributed by atoms with Gasteiger partial charge in [0.15, 0.2) is 0 Å². The lowest BCUT2D eigenvalue weighted by Crippen LogP contribution is -2.58. The van der Waals surface area contributed by atoms with Crippen LogP contribution in [0.25, 0.3) is 0 Å². The number of hydrogen-bond acceptors (Lipinski definition) is 2. The zero-order valence-electron chi connectivity index (χ0n) is 15.0. The first-order chi connectivity index (χ1) is 10.1. The van der Waals surface area contributed by atoms with Crippen LogP contribution < -0.4 is 0 Å². The lowest BCUT2D eigenvalue weighted by Gasteiger charge is -2.57. The fourth-order valence-electron chi connectivity index (χ4n) is 8.46. The van der Waals surface area contributed by atoms with E-state index in [0.29, 0.717) is 29.1 Å². The Balaban J connectivity index is 1.87. The van der Waals surface area contributed by atoms with Crippen molar-refractivity contribution < 1.29 is 10.2 Å². The maximum absolute atomic E-state index is 10.9. The molecule has 4 aliphatic rings. The molecule has 4 saturated carbocycles. The third-order valence-corrected chi connectivity index (χ3v) is 9.32. The molecule has 1 spiro atoms. The van der Waals surface area contributed by atoms with Gasteiger partial charge in [0.25, 0.3) is 0 Å². The predicted molar refractivity (Wildman–Crippen MR) is 88.3 cm³/mol. The number of aliphatic hydroxyl groups is 2. The van der Waals surface area contributed by atoms with Crippen LogP contribution in [0.4, 0.5) is 0 Å². The number of hydrogen-bond donors (Lipinski definition) is 2. The van der Waals surface area contributed by atoms with E-state index in [4.69, 9.17) is 0 Å². The fourth-order valence-corrected chi connectivity index (χ4v) is 8.46. The van der Waals surface area contributed by atoms with Gasteiger partial charge >= 0.3 is 0 Å². The highest BCUT2D eigenvalue weighted by Crippen LogP contribution is 2.80. The molecule has 0 aromatic heterocycles. The van der Waals surface area contributed by atoms with Crippen molar-refractivity contribution in [3.63, 3.8) is 0 Å². The van der Waals surface area contributed by atoms with Crippen LogP contribution in [0.15, 0.2) is 0 Å². The minimum Gasteiger partial charge on any atom is -0.393 e. The van der Waals surface area contributed by atoms with E-state index >= 15 is 0 Å². The first kappa shape index (κ1) is 15.4. The summed E-state index contributed by atoms with van der Waals surface area (Å²) in [4.78, 5) is 0. The van der Waals surface area contributed by atoms with Crippen molar-refractivity contribution in [3.8, 4) is 0 Å². The van der Waals surface area contributed by atoms with E-state index in [9.17, 15) is 10.2 Å². The van der Waals surface area contributed by atoms with Gasteiger partial charge in [0.1, 0.15) is 0 Å². The molecule has 0 unspecified atom stereocenters. The molecule has 4 aliphatic carbocycles. The van der Waals surface area contributed by atoms with Crippen molar-refractivity contribution in [2.45, 2.75) is 85.4 Å². The molecule has 0 aromatic carbocycles. The number of fused-ring (bicyclic) bond motifs is 2. The van der Waals surface area contributed by atoms with E-state index in [-0.39, 0.29) is 23.0 Å². The Hall–Kier alpha value is -0.0800.